The number of nitro groups is 1. The Hall–Kier alpha value is -1.69. The maximum Gasteiger partial charge on any atom is 0.215 e. The number of carbonyl (C=O) groups excluding carboxylic acids is 1. The van der Waals surface area contributed by atoms with Crippen molar-refractivity contribution in [1.82, 2.24) is 0 Å². The SMILES string of the molecule is O=C1CCC([C@H](C[N+](=O)[O-])c2cccs2)=C1O. The average molecular weight is 253 g/mol. The molecule has 17 heavy (non-hydrogen) atoms. The first kappa shape index (κ1) is 11.8. The van der Waals surface area contributed by atoms with Crippen LogP contribution in [-0.2, 0) is 4.79 Å². The second-order valence-electron chi connectivity index (χ2n) is 3.88. The second kappa shape index (κ2) is 4.67. The van der Waals surface area contributed by atoms with E-state index in [4.69, 9.17) is 0 Å². The fourth-order valence-corrected chi connectivity index (χ4v) is 2.87. The molecule has 1 heterocycles. The number of rotatable bonds is 4. The number of aliphatic hydroxyl groups is 1. The molecule has 0 spiro atoms. The van der Waals surface area contributed by atoms with E-state index < -0.39 is 10.8 Å². The Morgan fingerprint density at radius 3 is 2.76 bits per heavy atom. The molecule has 1 aliphatic rings. The van der Waals surface area contributed by atoms with Crippen molar-refractivity contribution in [3.05, 3.63) is 43.8 Å². The van der Waals surface area contributed by atoms with Crippen molar-refractivity contribution < 1.29 is 14.8 Å². The highest BCUT2D eigenvalue weighted by Gasteiger charge is 2.32. The summed E-state index contributed by atoms with van der Waals surface area (Å²) in [6.07, 6.45) is 0.668. The van der Waals surface area contributed by atoms with Gasteiger partial charge in [-0.1, -0.05) is 6.07 Å². The molecule has 0 saturated heterocycles. The predicted molar refractivity (Wildman–Crippen MR) is 62.8 cm³/mol. The van der Waals surface area contributed by atoms with Gasteiger partial charge in [0, 0.05) is 16.2 Å². The van der Waals surface area contributed by atoms with Gasteiger partial charge in [-0.05, 0) is 23.4 Å². The van der Waals surface area contributed by atoms with Crippen LogP contribution in [0, 0.1) is 10.1 Å². The van der Waals surface area contributed by atoms with Crippen molar-refractivity contribution in [3.63, 3.8) is 0 Å². The minimum atomic E-state index is -0.476. The van der Waals surface area contributed by atoms with Gasteiger partial charge in [-0.2, -0.15) is 0 Å². The zero-order valence-corrected chi connectivity index (χ0v) is 9.77. The van der Waals surface area contributed by atoms with Crippen LogP contribution < -0.4 is 0 Å². The van der Waals surface area contributed by atoms with E-state index in [-0.39, 0.29) is 24.5 Å². The van der Waals surface area contributed by atoms with Gasteiger partial charge in [-0.25, -0.2) is 0 Å². The fraction of sp³-hybridized carbons (Fsp3) is 0.364. The van der Waals surface area contributed by atoms with Gasteiger partial charge in [0.05, 0.1) is 5.92 Å². The summed E-state index contributed by atoms with van der Waals surface area (Å²) in [7, 11) is 0. The van der Waals surface area contributed by atoms with Gasteiger partial charge >= 0.3 is 0 Å². The van der Waals surface area contributed by atoms with Crippen LogP contribution in [-0.4, -0.2) is 22.4 Å². The van der Waals surface area contributed by atoms with Gasteiger partial charge in [-0.15, -0.1) is 11.3 Å². The molecule has 0 saturated carbocycles. The summed E-state index contributed by atoms with van der Waals surface area (Å²) in [6.45, 7) is -0.285. The van der Waals surface area contributed by atoms with E-state index in [1.54, 1.807) is 12.1 Å². The quantitative estimate of drug-likeness (QED) is 0.659. The Morgan fingerprint density at radius 2 is 2.29 bits per heavy atom. The topological polar surface area (TPSA) is 80.4 Å². The first-order valence-electron chi connectivity index (χ1n) is 5.20. The molecule has 0 bridgehead atoms. The van der Waals surface area contributed by atoms with Crippen LogP contribution in [0.4, 0.5) is 0 Å². The number of ketones is 1. The van der Waals surface area contributed by atoms with Crippen molar-refractivity contribution >= 4 is 17.1 Å². The lowest BCUT2D eigenvalue weighted by molar-refractivity contribution is -0.482. The van der Waals surface area contributed by atoms with Gasteiger partial charge < -0.3 is 5.11 Å². The summed E-state index contributed by atoms with van der Waals surface area (Å²) in [5.74, 6) is -1.06. The van der Waals surface area contributed by atoms with E-state index in [9.17, 15) is 20.0 Å². The van der Waals surface area contributed by atoms with Crippen LogP contribution >= 0.6 is 11.3 Å². The normalized spacial score (nSPS) is 17.5. The Bertz CT molecular complexity index is 478. The van der Waals surface area contributed by atoms with Crippen LogP contribution in [0.15, 0.2) is 28.8 Å². The summed E-state index contributed by atoms with van der Waals surface area (Å²) in [4.78, 5) is 22.3. The molecule has 0 unspecified atom stereocenters. The van der Waals surface area contributed by atoms with Crippen LogP contribution in [0.2, 0.25) is 0 Å². The number of hydrogen-bond donors (Lipinski definition) is 1. The van der Waals surface area contributed by atoms with Gasteiger partial charge in [-0.3, -0.25) is 14.9 Å². The second-order valence-corrected chi connectivity index (χ2v) is 4.86. The van der Waals surface area contributed by atoms with Gasteiger partial charge in [0.2, 0.25) is 6.54 Å². The molecule has 1 aromatic rings. The van der Waals surface area contributed by atoms with E-state index >= 15 is 0 Å². The standard InChI is InChI=1S/C11H11NO4S/c13-9-4-3-7(11(9)14)8(6-12(15)16)10-2-1-5-17-10/h1-2,5,8,14H,3-4,6H2/t8-/m0/s1. The lowest BCUT2D eigenvalue weighted by atomic mass is 9.96. The van der Waals surface area contributed by atoms with E-state index in [1.807, 2.05) is 5.38 Å². The highest BCUT2D eigenvalue weighted by atomic mass is 32.1. The number of aliphatic hydroxyl groups excluding tert-OH is 1. The average Bonchev–Trinajstić information content (AvgIpc) is 2.88. The number of allylic oxidation sites excluding steroid dienone is 1. The summed E-state index contributed by atoms with van der Waals surface area (Å²) in [5.41, 5.74) is 0.508. The summed E-state index contributed by atoms with van der Waals surface area (Å²) < 4.78 is 0. The number of Topliss-reactive ketones (excluding diaryl/α,β-unsaturated/α-hetero) is 1. The number of thiophene rings is 1. The van der Waals surface area contributed by atoms with E-state index in [0.29, 0.717) is 12.0 Å². The Balaban J connectivity index is 2.35. The van der Waals surface area contributed by atoms with E-state index in [2.05, 4.69) is 0 Å². The monoisotopic (exact) mass is 253 g/mol. The molecule has 1 N–H and O–H groups in total. The molecule has 6 heteroatoms. The van der Waals surface area contributed by atoms with E-state index in [0.717, 1.165) is 4.88 Å². The lowest BCUT2D eigenvalue weighted by Crippen LogP contribution is -2.14. The molecule has 0 fully saturated rings. The largest absolute Gasteiger partial charge is 0.504 e. The maximum absolute atomic E-state index is 11.3. The van der Waals surface area contributed by atoms with Crippen LogP contribution in [0.3, 0.4) is 0 Å². The molecule has 5 nitrogen and oxygen atoms in total. The van der Waals surface area contributed by atoms with Gasteiger partial charge in [0.1, 0.15) is 0 Å². The smallest absolute Gasteiger partial charge is 0.215 e. The molecule has 0 aliphatic heterocycles. The summed E-state index contributed by atoms with van der Waals surface area (Å²) >= 11 is 1.40. The van der Waals surface area contributed by atoms with Gasteiger partial charge in [0.15, 0.2) is 11.5 Å². The zero-order chi connectivity index (χ0) is 12.4. The third kappa shape index (κ3) is 2.36. The van der Waals surface area contributed by atoms with Crippen LogP contribution in [0.5, 0.6) is 0 Å². The highest BCUT2D eigenvalue weighted by Crippen LogP contribution is 2.36. The van der Waals surface area contributed by atoms with Crippen molar-refractivity contribution in [3.8, 4) is 0 Å². The zero-order valence-electron chi connectivity index (χ0n) is 8.96. The first-order chi connectivity index (χ1) is 8.09. The molecular weight excluding hydrogens is 242 g/mol. The third-order valence-corrected chi connectivity index (χ3v) is 3.81. The Morgan fingerprint density at radius 1 is 1.53 bits per heavy atom. The highest BCUT2D eigenvalue weighted by molar-refractivity contribution is 7.10. The Kier molecular flexibility index (Phi) is 3.23. The predicted octanol–water partition coefficient (Wildman–Crippen LogP) is 2.28. The minimum Gasteiger partial charge on any atom is -0.504 e. The molecule has 0 radical (unpaired) electrons. The van der Waals surface area contributed by atoms with Gasteiger partial charge in [0.25, 0.3) is 0 Å². The molecule has 0 amide bonds. The third-order valence-electron chi connectivity index (χ3n) is 2.83. The molecular formula is C11H11NO4S. The van der Waals surface area contributed by atoms with Crippen LogP contribution in [0.25, 0.3) is 0 Å². The molecule has 1 aliphatic carbocycles. The Labute approximate surface area is 102 Å². The number of carbonyl (C=O) groups is 1. The molecule has 90 valence electrons. The summed E-state index contributed by atoms with van der Waals surface area (Å²) in [5, 5.41) is 22.2. The van der Waals surface area contributed by atoms with Crippen molar-refractivity contribution in [2.24, 2.45) is 0 Å². The minimum absolute atomic E-state index is 0.251. The molecule has 1 atom stereocenters. The number of nitrogens with zero attached hydrogens (tertiary/aromatic N) is 1. The van der Waals surface area contributed by atoms with E-state index in [1.165, 1.54) is 11.3 Å². The molecule has 0 aromatic carbocycles. The van der Waals surface area contributed by atoms with Crippen molar-refractivity contribution in [1.29, 1.82) is 0 Å². The van der Waals surface area contributed by atoms with Crippen LogP contribution in [0.1, 0.15) is 23.6 Å². The molecule has 1 aromatic heterocycles. The first-order valence-corrected chi connectivity index (χ1v) is 6.08. The number of hydrogen-bond acceptors (Lipinski definition) is 5. The lowest BCUT2D eigenvalue weighted by Gasteiger charge is -2.12. The van der Waals surface area contributed by atoms with Crippen molar-refractivity contribution in [2.75, 3.05) is 6.54 Å². The van der Waals surface area contributed by atoms with Crippen molar-refractivity contribution in [2.45, 2.75) is 18.8 Å². The summed E-state index contributed by atoms with van der Waals surface area (Å²) in [6, 6.07) is 3.60. The fourth-order valence-electron chi connectivity index (χ4n) is 2.01. The maximum atomic E-state index is 11.3. The molecule has 2 rings (SSSR count).